The van der Waals surface area contributed by atoms with Gasteiger partial charge in [0.05, 0.1) is 5.60 Å². The van der Waals surface area contributed by atoms with Crippen LogP contribution in [0.4, 0.5) is 5.69 Å². The first-order valence-electron chi connectivity index (χ1n) is 4.54. The van der Waals surface area contributed by atoms with Crippen LogP contribution in [0.25, 0.3) is 5.73 Å². The fourth-order valence-electron chi connectivity index (χ4n) is 0.645. The molecule has 0 aliphatic rings. The number of rotatable bonds is 1. The zero-order valence-corrected chi connectivity index (χ0v) is 11.3. The van der Waals surface area contributed by atoms with Crippen molar-refractivity contribution in [3.8, 4) is 0 Å². The second kappa shape index (κ2) is 10.7. The van der Waals surface area contributed by atoms with Gasteiger partial charge in [-0.3, -0.25) is 5.69 Å². The van der Waals surface area contributed by atoms with E-state index in [1.165, 1.54) is 6.47 Å². The third kappa shape index (κ3) is 13.5. The molecule has 0 saturated carbocycles. The number of hydrogen-bond acceptors (Lipinski definition) is 2. The quantitative estimate of drug-likeness (QED) is 0.386. The predicted molar refractivity (Wildman–Crippen MR) is 61.4 cm³/mol. The second-order valence-electron chi connectivity index (χ2n) is 3.95. The smallest absolute Gasteiger partial charge is 0.756 e. The van der Waals surface area contributed by atoms with Crippen molar-refractivity contribution in [2.24, 2.45) is 0 Å². The molecule has 0 heterocycles. The SMILES string of the molecule is CC(C)(C)O[C-]=O.[CH2-]c1ccccc1[NH-].[Li+].[Li+]. The molecule has 1 aromatic rings. The number of carbonyl (C=O) groups excluding carboxylic acids is 1. The summed E-state index contributed by atoms with van der Waals surface area (Å²) in [6, 6.07) is 7.25. The van der Waals surface area contributed by atoms with Gasteiger partial charge in [-0.1, -0.05) is 12.5 Å². The van der Waals surface area contributed by atoms with Crippen molar-refractivity contribution in [1.82, 2.24) is 0 Å². The van der Waals surface area contributed by atoms with Crippen molar-refractivity contribution >= 4 is 12.2 Å². The number of ether oxygens (including phenoxy) is 1. The monoisotopic (exact) mass is 220 g/mol. The Morgan fingerprint density at radius 1 is 1.24 bits per heavy atom. The molecule has 0 amide bonds. The van der Waals surface area contributed by atoms with Gasteiger partial charge in [0.15, 0.2) is 0 Å². The van der Waals surface area contributed by atoms with Crippen molar-refractivity contribution in [2.75, 3.05) is 0 Å². The maximum atomic E-state index is 9.47. The summed E-state index contributed by atoms with van der Waals surface area (Å²) in [4.78, 5) is 9.47. The molecule has 0 bridgehead atoms. The molecule has 84 valence electrons. The van der Waals surface area contributed by atoms with Crippen LogP contribution < -0.4 is 37.7 Å². The van der Waals surface area contributed by atoms with E-state index in [-0.39, 0.29) is 43.3 Å². The number of nitrogens with one attached hydrogen (secondary N) is 1. The molecule has 3 nitrogen and oxygen atoms in total. The average molecular weight is 220 g/mol. The molecule has 0 radical (unpaired) electrons. The van der Waals surface area contributed by atoms with Crippen LogP contribution in [0.15, 0.2) is 24.3 Å². The first-order chi connectivity index (χ1) is 6.87. The van der Waals surface area contributed by atoms with E-state index in [0.717, 1.165) is 5.56 Å². The summed E-state index contributed by atoms with van der Waals surface area (Å²) in [6.45, 7) is 10.4. The molecule has 5 heteroatoms. The Balaban J connectivity index is -0.000000208. The Hall–Kier alpha value is -0.445. The second-order valence-corrected chi connectivity index (χ2v) is 3.95. The summed E-state index contributed by atoms with van der Waals surface area (Å²) in [7, 11) is 0. The Bertz CT molecular complexity index is 291. The van der Waals surface area contributed by atoms with Gasteiger partial charge in [0.25, 0.3) is 0 Å². The standard InChI is InChI=1S/C7H7N.C5H9O2.2Li/c1-6-4-2-3-5-7(6)8;1-5(2,3)7-4-6;;/h2-5,8H,1H2;1-3H3;;/q-2;-1;2*+1. The molecule has 0 aromatic heterocycles. The summed E-state index contributed by atoms with van der Waals surface area (Å²) in [5, 5.41) is 0. The van der Waals surface area contributed by atoms with E-state index in [9.17, 15) is 4.79 Å². The van der Waals surface area contributed by atoms with E-state index >= 15 is 0 Å². The first-order valence-corrected chi connectivity index (χ1v) is 4.54. The van der Waals surface area contributed by atoms with Gasteiger partial charge in [0.2, 0.25) is 0 Å². The summed E-state index contributed by atoms with van der Waals surface area (Å²) in [5.41, 5.74) is 8.08. The molecular weight excluding hydrogens is 204 g/mol. The number of benzene rings is 1. The van der Waals surface area contributed by atoms with E-state index in [0.29, 0.717) is 5.69 Å². The minimum Gasteiger partial charge on any atom is -0.756 e. The average Bonchev–Trinajstić information content (AvgIpc) is 2.09. The Morgan fingerprint density at radius 2 is 1.71 bits per heavy atom. The summed E-state index contributed by atoms with van der Waals surface area (Å²) in [6.07, 6.45) is 0. The van der Waals surface area contributed by atoms with Gasteiger partial charge in [-0.25, -0.2) is 12.5 Å². The predicted octanol–water partition coefficient (Wildman–Crippen LogP) is -2.57. The van der Waals surface area contributed by atoms with Crippen LogP contribution in [-0.2, 0) is 9.53 Å². The van der Waals surface area contributed by atoms with E-state index in [1.54, 1.807) is 26.8 Å². The van der Waals surface area contributed by atoms with Gasteiger partial charge in [-0.15, -0.1) is 12.1 Å². The molecule has 0 atom stereocenters. The van der Waals surface area contributed by atoms with Crippen LogP contribution in [0.1, 0.15) is 26.3 Å². The van der Waals surface area contributed by atoms with Crippen molar-refractivity contribution in [3.05, 3.63) is 42.5 Å². The Kier molecular flexibility index (Phi) is 13.7. The number of hydrogen-bond donors (Lipinski definition) is 0. The molecule has 1 N–H and O–H groups in total. The normalized spacial score (nSPS) is 8.65. The molecule has 1 aromatic carbocycles. The zero-order chi connectivity index (χ0) is 11.9. The maximum absolute atomic E-state index is 9.47. The van der Waals surface area contributed by atoms with Gasteiger partial charge >= 0.3 is 37.7 Å². The van der Waals surface area contributed by atoms with Crippen molar-refractivity contribution < 1.29 is 47.3 Å². The van der Waals surface area contributed by atoms with Gasteiger partial charge < -0.3 is 15.3 Å². The van der Waals surface area contributed by atoms with Gasteiger partial charge in [0, 0.05) is 0 Å². The topological polar surface area (TPSA) is 50.1 Å². The van der Waals surface area contributed by atoms with Crippen LogP contribution in [0, 0.1) is 6.92 Å². The molecule has 0 aliphatic carbocycles. The Morgan fingerprint density at radius 3 is 1.88 bits per heavy atom. The van der Waals surface area contributed by atoms with E-state index in [4.69, 9.17) is 5.73 Å². The summed E-state index contributed by atoms with van der Waals surface area (Å²) >= 11 is 0. The van der Waals surface area contributed by atoms with Gasteiger partial charge in [0.1, 0.15) is 0 Å². The fraction of sp³-hybridized carbons (Fsp3) is 0.333. The third-order valence-corrected chi connectivity index (χ3v) is 1.37. The molecule has 0 aliphatic heterocycles. The molecular formula is C12H16Li2NO2-. The Labute approximate surface area is 128 Å². The van der Waals surface area contributed by atoms with E-state index < -0.39 is 0 Å². The van der Waals surface area contributed by atoms with Crippen LogP contribution >= 0.6 is 0 Å². The minimum absolute atomic E-state index is 0. The molecule has 0 unspecified atom stereocenters. The summed E-state index contributed by atoms with van der Waals surface area (Å²) in [5.74, 6) is 0. The fourth-order valence-corrected chi connectivity index (χ4v) is 0.645. The molecule has 17 heavy (non-hydrogen) atoms. The van der Waals surface area contributed by atoms with Crippen LogP contribution in [0.2, 0.25) is 0 Å². The van der Waals surface area contributed by atoms with Crippen LogP contribution in [0.5, 0.6) is 0 Å². The molecule has 0 saturated heterocycles. The van der Waals surface area contributed by atoms with Gasteiger partial charge in [-0.2, -0.15) is 6.07 Å². The molecule has 1 rings (SSSR count). The molecule has 0 fully saturated rings. The van der Waals surface area contributed by atoms with Crippen molar-refractivity contribution in [2.45, 2.75) is 26.4 Å². The van der Waals surface area contributed by atoms with Gasteiger partial charge in [-0.05, 0) is 20.8 Å². The largest absolute Gasteiger partial charge is 1.00 e. The minimum atomic E-state index is -0.373. The zero-order valence-electron chi connectivity index (χ0n) is 11.3. The molecule has 0 spiro atoms. The first kappa shape index (κ1) is 21.8. The van der Waals surface area contributed by atoms with Crippen LogP contribution in [-0.4, -0.2) is 12.1 Å². The summed E-state index contributed by atoms with van der Waals surface area (Å²) < 4.78 is 4.42. The van der Waals surface area contributed by atoms with E-state index in [2.05, 4.69) is 11.7 Å². The van der Waals surface area contributed by atoms with Crippen molar-refractivity contribution in [1.29, 1.82) is 0 Å². The van der Waals surface area contributed by atoms with Crippen molar-refractivity contribution in [3.63, 3.8) is 0 Å². The maximum Gasteiger partial charge on any atom is 1.00 e. The van der Waals surface area contributed by atoms with Crippen LogP contribution in [0.3, 0.4) is 0 Å². The van der Waals surface area contributed by atoms with E-state index in [1.807, 2.05) is 18.2 Å². The third-order valence-electron chi connectivity index (χ3n) is 1.37.